The van der Waals surface area contributed by atoms with E-state index < -0.39 is 0 Å². The number of carbonyl (C=O) groups excluding carboxylic acids is 1. The highest BCUT2D eigenvalue weighted by Crippen LogP contribution is 2.38. The topological polar surface area (TPSA) is 17.1 Å². The number of hydrogen-bond acceptors (Lipinski definition) is 1. The van der Waals surface area contributed by atoms with Gasteiger partial charge in [-0.1, -0.05) is 44.0 Å². The minimum atomic E-state index is 0.337. The van der Waals surface area contributed by atoms with E-state index in [0.29, 0.717) is 18.1 Å². The van der Waals surface area contributed by atoms with E-state index in [1.54, 1.807) is 0 Å². The summed E-state index contributed by atoms with van der Waals surface area (Å²) >= 11 is 0. The van der Waals surface area contributed by atoms with Crippen molar-refractivity contribution in [3.8, 4) is 0 Å². The van der Waals surface area contributed by atoms with Crippen molar-refractivity contribution in [2.75, 3.05) is 0 Å². The van der Waals surface area contributed by atoms with Gasteiger partial charge in [-0.3, -0.25) is 4.79 Å². The first kappa shape index (κ1) is 11.4. The predicted octanol–water partition coefficient (Wildman–Crippen LogP) is 4.33. The van der Waals surface area contributed by atoms with Crippen molar-refractivity contribution < 1.29 is 4.79 Å². The Kier molecular flexibility index (Phi) is 3.76. The second-order valence-corrected chi connectivity index (χ2v) is 4.74. The van der Waals surface area contributed by atoms with Crippen molar-refractivity contribution in [1.29, 1.82) is 0 Å². The van der Waals surface area contributed by atoms with Gasteiger partial charge in [0.1, 0.15) is 0 Å². The van der Waals surface area contributed by atoms with Crippen LogP contribution in [0.2, 0.25) is 0 Å². The number of unbranched alkanes of at least 4 members (excludes halogenated alkanes) is 1. The Bertz CT molecular complexity index is 363. The molecule has 0 heterocycles. The summed E-state index contributed by atoms with van der Waals surface area (Å²) in [5.74, 6) is 0.992. The zero-order valence-corrected chi connectivity index (χ0v) is 10.0. The van der Waals surface area contributed by atoms with Gasteiger partial charge >= 0.3 is 0 Å². The highest BCUT2D eigenvalue weighted by atomic mass is 16.1. The monoisotopic (exact) mass is 216 g/mol. The Morgan fingerprint density at radius 3 is 2.69 bits per heavy atom. The lowest BCUT2D eigenvalue weighted by atomic mass is 9.77. The second kappa shape index (κ2) is 5.29. The summed E-state index contributed by atoms with van der Waals surface area (Å²) in [4.78, 5) is 12.1. The third-order valence-corrected chi connectivity index (χ3v) is 3.56. The number of carbonyl (C=O) groups is 1. The van der Waals surface area contributed by atoms with Crippen LogP contribution in [0.5, 0.6) is 0 Å². The largest absolute Gasteiger partial charge is 0.294 e. The average molecular weight is 216 g/mol. The molecule has 0 atom stereocenters. The van der Waals surface area contributed by atoms with Gasteiger partial charge in [0.25, 0.3) is 0 Å². The van der Waals surface area contributed by atoms with E-state index in [1.165, 1.54) is 24.8 Å². The lowest BCUT2D eigenvalue weighted by Crippen LogP contribution is -2.13. The van der Waals surface area contributed by atoms with Gasteiger partial charge in [0.15, 0.2) is 5.78 Å². The first-order valence-electron chi connectivity index (χ1n) is 6.45. The molecule has 0 spiro atoms. The van der Waals surface area contributed by atoms with Gasteiger partial charge in [0, 0.05) is 12.0 Å². The maximum Gasteiger partial charge on any atom is 0.163 e. The van der Waals surface area contributed by atoms with E-state index in [0.717, 1.165) is 18.4 Å². The Balaban J connectivity index is 2.15. The van der Waals surface area contributed by atoms with Crippen LogP contribution in [0.4, 0.5) is 0 Å². The quantitative estimate of drug-likeness (QED) is 0.670. The molecule has 0 unspecified atom stereocenters. The van der Waals surface area contributed by atoms with Gasteiger partial charge < -0.3 is 0 Å². The number of hydrogen-bond donors (Lipinski definition) is 0. The maximum atomic E-state index is 12.1. The first-order valence-corrected chi connectivity index (χ1v) is 6.45. The van der Waals surface area contributed by atoms with Gasteiger partial charge in [0.2, 0.25) is 0 Å². The molecule has 1 saturated carbocycles. The van der Waals surface area contributed by atoms with Crippen LogP contribution in [0.15, 0.2) is 24.3 Å². The zero-order valence-electron chi connectivity index (χ0n) is 10.0. The molecule has 0 radical (unpaired) electrons. The molecule has 0 aromatic heterocycles. The van der Waals surface area contributed by atoms with E-state index in [2.05, 4.69) is 19.1 Å². The van der Waals surface area contributed by atoms with Gasteiger partial charge in [-0.05, 0) is 30.7 Å². The summed E-state index contributed by atoms with van der Waals surface area (Å²) in [6.07, 6.45) is 6.66. The zero-order chi connectivity index (χ0) is 11.4. The lowest BCUT2D eigenvalue weighted by Gasteiger charge is -2.27. The molecule has 0 aliphatic heterocycles. The third kappa shape index (κ3) is 2.34. The molecule has 2 rings (SSSR count). The molecule has 1 aromatic rings. The molecule has 1 fully saturated rings. The molecule has 1 aromatic carbocycles. The normalized spacial score (nSPS) is 15.8. The minimum absolute atomic E-state index is 0.337. The van der Waals surface area contributed by atoms with Crippen molar-refractivity contribution >= 4 is 5.78 Å². The number of Topliss-reactive ketones (excluding diaryl/α,β-unsaturated/α-hetero) is 1. The van der Waals surface area contributed by atoms with Gasteiger partial charge in [-0.2, -0.15) is 0 Å². The molecular weight excluding hydrogens is 196 g/mol. The van der Waals surface area contributed by atoms with Gasteiger partial charge in [-0.25, -0.2) is 0 Å². The maximum absolute atomic E-state index is 12.1. The second-order valence-electron chi connectivity index (χ2n) is 4.74. The molecule has 0 saturated heterocycles. The number of ketones is 1. The Labute approximate surface area is 97.9 Å². The van der Waals surface area contributed by atoms with Crippen molar-refractivity contribution in [1.82, 2.24) is 0 Å². The van der Waals surface area contributed by atoms with Crippen LogP contribution in [0.25, 0.3) is 0 Å². The molecular formula is C15H20O. The van der Waals surface area contributed by atoms with E-state index >= 15 is 0 Å². The highest BCUT2D eigenvalue weighted by Gasteiger charge is 2.23. The van der Waals surface area contributed by atoms with Crippen LogP contribution in [0.1, 0.15) is 67.3 Å². The van der Waals surface area contributed by atoms with Crippen LogP contribution < -0.4 is 0 Å². The van der Waals surface area contributed by atoms with Crippen LogP contribution in [-0.4, -0.2) is 5.78 Å². The van der Waals surface area contributed by atoms with E-state index in [9.17, 15) is 4.79 Å². The highest BCUT2D eigenvalue weighted by molar-refractivity contribution is 5.97. The van der Waals surface area contributed by atoms with E-state index in [-0.39, 0.29) is 0 Å². The smallest absolute Gasteiger partial charge is 0.163 e. The van der Waals surface area contributed by atoms with E-state index in [1.807, 2.05) is 12.1 Å². The first-order chi connectivity index (χ1) is 7.83. The summed E-state index contributed by atoms with van der Waals surface area (Å²) in [7, 11) is 0. The molecule has 0 bridgehead atoms. The Morgan fingerprint density at radius 2 is 2.06 bits per heavy atom. The Morgan fingerprint density at radius 1 is 1.31 bits per heavy atom. The molecule has 16 heavy (non-hydrogen) atoms. The Hall–Kier alpha value is -1.11. The van der Waals surface area contributed by atoms with Crippen LogP contribution >= 0.6 is 0 Å². The number of benzene rings is 1. The van der Waals surface area contributed by atoms with Crippen molar-refractivity contribution in [3.05, 3.63) is 35.4 Å². The molecule has 86 valence electrons. The minimum Gasteiger partial charge on any atom is -0.294 e. The summed E-state index contributed by atoms with van der Waals surface area (Å²) in [5.41, 5.74) is 2.29. The van der Waals surface area contributed by atoms with Crippen LogP contribution in [0.3, 0.4) is 0 Å². The van der Waals surface area contributed by atoms with Crippen LogP contribution in [0, 0.1) is 0 Å². The standard InChI is InChI=1S/C15H20O/c1-2-3-11-15(16)14-10-5-4-9-13(14)12-7-6-8-12/h4-5,9-10,12H,2-3,6-8,11H2,1H3. The lowest BCUT2D eigenvalue weighted by molar-refractivity contribution is 0.0977. The molecule has 1 aliphatic carbocycles. The van der Waals surface area contributed by atoms with Gasteiger partial charge in [-0.15, -0.1) is 0 Å². The molecule has 1 aliphatic rings. The SMILES string of the molecule is CCCCC(=O)c1ccccc1C1CCC1. The summed E-state index contributed by atoms with van der Waals surface area (Å²) in [5, 5.41) is 0. The number of rotatable bonds is 5. The van der Waals surface area contributed by atoms with Crippen molar-refractivity contribution in [2.45, 2.75) is 51.4 Å². The fourth-order valence-corrected chi connectivity index (χ4v) is 2.30. The average Bonchev–Trinajstić information content (AvgIpc) is 2.24. The fraction of sp³-hybridized carbons (Fsp3) is 0.533. The van der Waals surface area contributed by atoms with Gasteiger partial charge in [0.05, 0.1) is 0 Å². The molecule has 1 heteroatoms. The summed E-state index contributed by atoms with van der Waals surface area (Å²) in [6, 6.07) is 8.19. The molecule has 0 N–H and O–H groups in total. The predicted molar refractivity (Wildman–Crippen MR) is 66.9 cm³/mol. The summed E-state index contributed by atoms with van der Waals surface area (Å²) < 4.78 is 0. The molecule has 1 nitrogen and oxygen atoms in total. The van der Waals surface area contributed by atoms with Crippen LogP contribution in [-0.2, 0) is 0 Å². The van der Waals surface area contributed by atoms with Crippen molar-refractivity contribution in [2.24, 2.45) is 0 Å². The van der Waals surface area contributed by atoms with Crippen molar-refractivity contribution in [3.63, 3.8) is 0 Å². The van der Waals surface area contributed by atoms with E-state index in [4.69, 9.17) is 0 Å². The third-order valence-electron chi connectivity index (χ3n) is 3.56. The fourth-order valence-electron chi connectivity index (χ4n) is 2.30. The molecule has 0 amide bonds. The summed E-state index contributed by atoms with van der Waals surface area (Å²) in [6.45, 7) is 2.13.